The molecule has 27 heavy (non-hydrogen) atoms. The van der Waals surface area contributed by atoms with E-state index in [4.69, 9.17) is 0 Å². The van der Waals surface area contributed by atoms with E-state index in [0.29, 0.717) is 11.3 Å². The fourth-order valence-corrected chi connectivity index (χ4v) is 3.21. The first kappa shape index (κ1) is 18.6. The number of halogens is 1. The molecule has 0 aromatic heterocycles. The lowest BCUT2D eigenvalue weighted by Crippen LogP contribution is -2.42. The van der Waals surface area contributed by atoms with Gasteiger partial charge in [-0.15, -0.1) is 0 Å². The van der Waals surface area contributed by atoms with Gasteiger partial charge in [0.15, 0.2) is 0 Å². The van der Waals surface area contributed by atoms with Crippen LogP contribution >= 0.6 is 0 Å². The molecule has 7 heteroatoms. The Bertz CT molecular complexity index is 906. The summed E-state index contributed by atoms with van der Waals surface area (Å²) in [6.45, 7) is 4.94. The van der Waals surface area contributed by atoms with Gasteiger partial charge < -0.3 is 10.6 Å². The minimum absolute atomic E-state index is 0.408. The molecule has 1 fully saturated rings. The van der Waals surface area contributed by atoms with E-state index < -0.39 is 35.7 Å². The Morgan fingerprint density at radius 1 is 1.11 bits per heavy atom. The van der Waals surface area contributed by atoms with Crippen molar-refractivity contribution in [3.05, 3.63) is 65.0 Å². The van der Waals surface area contributed by atoms with Crippen LogP contribution in [-0.4, -0.2) is 29.3 Å². The zero-order chi connectivity index (χ0) is 19.8. The first-order valence-corrected chi connectivity index (χ1v) is 8.47. The van der Waals surface area contributed by atoms with E-state index in [1.165, 1.54) is 31.2 Å². The van der Waals surface area contributed by atoms with E-state index >= 15 is 0 Å². The summed E-state index contributed by atoms with van der Waals surface area (Å²) in [4.78, 5) is 38.3. The highest BCUT2D eigenvalue weighted by atomic mass is 19.1. The van der Waals surface area contributed by atoms with Crippen molar-refractivity contribution in [3.8, 4) is 0 Å². The lowest BCUT2D eigenvalue weighted by molar-refractivity contribution is -0.133. The number of anilines is 1. The molecule has 0 bridgehead atoms. The van der Waals surface area contributed by atoms with Crippen LogP contribution in [0.5, 0.6) is 0 Å². The number of hydrogen-bond donors (Lipinski definition) is 2. The number of imide groups is 1. The number of aryl methyl sites for hydroxylation is 2. The molecule has 2 N–H and O–H groups in total. The normalized spacial score (nSPS) is 19.2. The Kier molecular flexibility index (Phi) is 4.70. The summed E-state index contributed by atoms with van der Waals surface area (Å²) >= 11 is 0. The van der Waals surface area contributed by atoms with Gasteiger partial charge in [-0.2, -0.15) is 0 Å². The van der Waals surface area contributed by atoms with Gasteiger partial charge in [0.2, 0.25) is 5.91 Å². The van der Waals surface area contributed by atoms with Crippen LogP contribution in [0.2, 0.25) is 0 Å². The quantitative estimate of drug-likeness (QED) is 0.814. The minimum Gasteiger partial charge on any atom is -0.325 e. The van der Waals surface area contributed by atoms with E-state index in [2.05, 4.69) is 10.6 Å². The highest BCUT2D eigenvalue weighted by Crippen LogP contribution is 2.28. The van der Waals surface area contributed by atoms with Gasteiger partial charge in [-0.25, -0.2) is 9.18 Å². The van der Waals surface area contributed by atoms with E-state index in [-0.39, 0.29) is 0 Å². The second-order valence-corrected chi connectivity index (χ2v) is 6.88. The highest BCUT2D eigenvalue weighted by Gasteiger charge is 2.49. The first-order chi connectivity index (χ1) is 12.7. The maximum Gasteiger partial charge on any atom is 0.325 e. The Balaban J connectivity index is 1.75. The number of hydrogen-bond acceptors (Lipinski definition) is 3. The standard InChI is InChI=1S/C20H20FN3O3/c1-12-8-13(2)10-16(9-12)22-17(25)11-24-18(26)20(3,23-19(24)27)14-4-6-15(21)7-5-14/h4-10H,11H2,1-3H3,(H,22,25)(H,23,27)/t20-/m1/s1. The SMILES string of the molecule is Cc1cc(C)cc(NC(=O)CN2C(=O)N[C@](C)(c3ccc(F)cc3)C2=O)c1. The van der Waals surface area contributed by atoms with Crippen LogP contribution in [0.1, 0.15) is 23.6 Å². The molecule has 0 unspecified atom stereocenters. The fraction of sp³-hybridized carbons (Fsp3) is 0.250. The molecule has 0 saturated carbocycles. The smallest absolute Gasteiger partial charge is 0.325 e. The van der Waals surface area contributed by atoms with Crippen molar-refractivity contribution in [1.82, 2.24) is 10.2 Å². The number of urea groups is 1. The average Bonchev–Trinajstić information content (AvgIpc) is 2.78. The van der Waals surface area contributed by atoms with Gasteiger partial charge in [-0.3, -0.25) is 14.5 Å². The van der Waals surface area contributed by atoms with E-state index in [1.54, 1.807) is 12.1 Å². The Labute approximate surface area is 156 Å². The molecule has 2 aromatic rings. The number of rotatable bonds is 4. The van der Waals surface area contributed by atoms with Gasteiger partial charge in [-0.05, 0) is 61.7 Å². The molecule has 4 amide bonds. The van der Waals surface area contributed by atoms with E-state index in [9.17, 15) is 18.8 Å². The van der Waals surface area contributed by atoms with Crippen LogP contribution in [-0.2, 0) is 15.1 Å². The second-order valence-electron chi connectivity index (χ2n) is 6.88. The number of benzene rings is 2. The fourth-order valence-electron chi connectivity index (χ4n) is 3.21. The topological polar surface area (TPSA) is 78.5 Å². The predicted octanol–water partition coefficient (Wildman–Crippen LogP) is 2.85. The molecule has 0 aliphatic carbocycles. The van der Waals surface area contributed by atoms with Crippen molar-refractivity contribution in [3.63, 3.8) is 0 Å². The maximum absolute atomic E-state index is 13.1. The highest BCUT2D eigenvalue weighted by molar-refractivity contribution is 6.10. The van der Waals surface area contributed by atoms with Crippen molar-refractivity contribution in [2.45, 2.75) is 26.3 Å². The summed E-state index contributed by atoms with van der Waals surface area (Å²) < 4.78 is 13.1. The van der Waals surface area contributed by atoms with Gasteiger partial charge in [-0.1, -0.05) is 18.2 Å². The van der Waals surface area contributed by atoms with Crippen molar-refractivity contribution >= 4 is 23.5 Å². The number of nitrogens with zero attached hydrogens (tertiary/aromatic N) is 1. The van der Waals surface area contributed by atoms with E-state index in [0.717, 1.165) is 16.0 Å². The summed E-state index contributed by atoms with van der Waals surface area (Å²) in [5.41, 5.74) is 1.68. The van der Waals surface area contributed by atoms with Gasteiger partial charge in [0.25, 0.3) is 5.91 Å². The van der Waals surface area contributed by atoms with Crippen molar-refractivity contribution in [2.24, 2.45) is 0 Å². The molecule has 1 aliphatic rings. The number of carbonyl (C=O) groups is 3. The number of amides is 4. The molecule has 0 radical (unpaired) electrons. The summed E-state index contributed by atoms with van der Waals surface area (Å²) in [5.74, 6) is -1.48. The van der Waals surface area contributed by atoms with Crippen LogP contribution < -0.4 is 10.6 Å². The molecule has 1 atom stereocenters. The third-order valence-electron chi connectivity index (χ3n) is 4.50. The zero-order valence-corrected chi connectivity index (χ0v) is 15.3. The summed E-state index contributed by atoms with van der Waals surface area (Å²) in [6, 6.07) is 10.2. The van der Waals surface area contributed by atoms with Crippen LogP contribution in [0.25, 0.3) is 0 Å². The number of nitrogens with one attached hydrogen (secondary N) is 2. The van der Waals surface area contributed by atoms with Crippen LogP contribution in [0.3, 0.4) is 0 Å². The average molecular weight is 369 g/mol. The van der Waals surface area contributed by atoms with Gasteiger partial charge in [0.1, 0.15) is 17.9 Å². The summed E-state index contributed by atoms with van der Waals surface area (Å²) in [5, 5.41) is 5.29. The van der Waals surface area contributed by atoms with Crippen molar-refractivity contribution in [2.75, 3.05) is 11.9 Å². The molecule has 0 spiro atoms. The lowest BCUT2D eigenvalue weighted by atomic mass is 9.92. The third kappa shape index (κ3) is 3.67. The third-order valence-corrected chi connectivity index (χ3v) is 4.50. The lowest BCUT2D eigenvalue weighted by Gasteiger charge is -2.22. The molecule has 1 aliphatic heterocycles. The van der Waals surface area contributed by atoms with Crippen LogP contribution in [0.15, 0.2) is 42.5 Å². The molecule has 1 saturated heterocycles. The van der Waals surface area contributed by atoms with Crippen molar-refractivity contribution in [1.29, 1.82) is 0 Å². The Hall–Kier alpha value is -3.22. The second kappa shape index (κ2) is 6.83. The number of carbonyl (C=O) groups excluding carboxylic acids is 3. The molecule has 140 valence electrons. The molecular formula is C20H20FN3O3. The minimum atomic E-state index is -1.34. The predicted molar refractivity (Wildman–Crippen MR) is 98.5 cm³/mol. The van der Waals surface area contributed by atoms with Gasteiger partial charge >= 0.3 is 6.03 Å². The van der Waals surface area contributed by atoms with E-state index in [1.807, 2.05) is 19.9 Å². The molecule has 2 aromatic carbocycles. The first-order valence-electron chi connectivity index (χ1n) is 8.47. The Morgan fingerprint density at radius 2 is 1.70 bits per heavy atom. The zero-order valence-electron chi connectivity index (χ0n) is 15.3. The van der Waals surface area contributed by atoms with Gasteiger partial charge in [0.05, 0.1) is 0 Å². The molecule has 1 heterocycles. The summed E-state index contributed by atoms with van der Waals surface area (Å²) in [7, 11) is 0. The van der Waals surface area contributed by atoms with Crippen LogP contribution in [0, 0.1) is 19.7 Å². The monoisotopic (exact) mass is 369 g/mol. The Morgan fingerprint density at radius 3 is 2.30 bits per heavy atom. The van der Waals surface area contributed by atoms with Gasteiger partial charge in [0, 0.05) is 5.69 Å². The molecule has 6 nitrogen and oxygen atoms in total. The molecule has 3 rings (SSSR count). The summed E-state index contributed by atoms with van der Waals surface area (Å²) in [6.07, 6.45) is 0. The largest absolute Gasteiger partial charge is 0.325 e. The van der Waals surface area contributed by atoms with Crippen LogP contribution in [0.4, 0.5) is 14.9 Å². The molecular weight excluding hydrogens is 349 g/mol. The maximum atomic E-state index is 13.1. The van der Waals surface area contributed by atoms with Crippen molar-refractivity contribution < 1.29 is 18.8 Å².